The van der Waals surface area contributed by atoms with Crippen molar-refractivity contribution in [3.05, 3.63) is 35.6 Å². The van der Waals surface area contributed by atoms with Gasteiger partial charge in [0.1, 0.15) is 5.82 Å². The van der Waals surface area contributed by atoms with Crippen molar-refractivity contribution in [1.82, 2.24) is 10.6 Å². The summed E-state index contributed by atoms with van der Waals surface area (Å²) in [6, 6.07) is 6.08. The van der Waals surface area contributed by atoms with Crippen molar-refractivity contribution in [3.63, 3.8) is 0 Å². The van der Waals surface area contributed by atoms with Gasteiger partial charge in [-0.2, -0.15) is 0 Å². The lowest BCUT2D eigenvalue weighted by atomic mass is 9.81. The van der Waals surface area contributed by atoms with E-state index in [-0.39, 0.29) is 17.1 Å². The van der Waals surface area contributed by atoms with Gasteiger partial charge in [0.05, 0.1) is 6.42 Å². The molecule has 0 radical (unpaired) electrons. The first kappa shape index (κ1) is 14.0. The Balaban J connectivity index is 1.79. The first-order valence-electron chi connectivity index (χ1n) is 6.79. The van der Waals surface area contributed by atoms with E-state index in [1.54, 1.807) is 12.1 Å². The summed E-state index contributed by atoms with van der Waals surface area (Å²) in [7, 11) is 0. The molecule has 1 amide bonds. The Hall–Kier alpha value is -1.42. The summed E-state index contributed by atoms with van der Waals surface area (Å²) in [5.41, 5.74) is 1.04. The highest BCUT2D eigenvalue weighted by Crippen LogP contribution is 2.26. The predicted octanol–water partition coefficient (Wildman–Crippen LogP) is 1.87. The first-order valence-corrected chi connectivity index (χ1v) is 6.79. The van der Waals surface area contributed by atoms with Gasteiger partial charge in [0.2, 0.25) is 5.91 Å². The Morgan fingerprint density at radius 2 is 1.95 bits per heavy atom. The number of carbonyl (C=O) groups excluding carboxylic acids is 1. The van der Waals surface area contributed by atoms with Crippen molar-refractivity contribution in [1.29, 1.82) is 0 Å². The number of piperidine rings is 1. The van der Waals surface area contributed by atoms with Crippen molar-refractivity contribution in [3.8, 4) is 0 Å². The van der Waals surface area contributed by atoms with Gasteiger partial charge in [-0.1, -0.05) is 19.1 Å². The first-order chi connectivity index (χ1) is 9.07. The lowest BCUT2D eigenvalue weighted by Crippen LogP contribution is -2.43. The maximum absolute atomic E-state index is 12.8. The standard InChI is InChI=1S/C15H21FN2O/c1-15(6-8-17-9-7-15)11-18-14(19)10-12-2-4-13(16)5-3-12/h2-5,17H,6-11H2,1H3,(H,18,19). The summed E-state index contributed by atoms with van der Waals surface area (Å²) < 4.78 is 12.8. The van der Waals surface area contributed by atoms with Gasteiger partial charge in [-0.05, 0) is 49.0 Å². The topological polar surface area (TPSA) is 41.1 Å². The molecular weight excluding hydrogens is 243 g/mol. The molecule has 1 aliphatic rings. The quantitative estimate of drug-likeness (QED) is 0.871. The van der Waals surface area contributed by atoms with Crippen LogP contribution in [0.15, 0.2) is 24.3 Å². The van der Waals surface area contributed by atoms with Crippen molar-refractivity contribution in [2.45, 2.75) is 26.2 Å². The Kier molecular flexibility index (Phi) is 4.53. The second-order valence-electron chi connectivity index (χ2n) is 5.64. The second-order valence-corrected chi connectivity index (χ2v) is 5.64. The summed E-state index contributed by atoms with van der Waals surface area (Å²) in [5.74, 6) is -0.266. The molecule has 2 N–H and O–H groups in total. The van der Waals surface area contributed by atoms with Crippen LogP contribution in [0, 0.1) is 11.2 Å². The van der Waals surface area contributed by atoms with Gasteiger partial charge in [0.15, 0.2) is 0 Å². The van der Waals surface area contributed by atoms with E-state index in [0.717, 1.165) is 31.5 Å². The maximum Gasteiger partial charge on any atom is 0.224 e. The Labute approximate surface area is 113 Å². The lowest BCUT2D eigenvalue weighted by Gasteiger charge is -2.34. The molecule has 0 saturated carbocycles. The molecule has 19 heavy (non-hydrogen) atoms. The molecule has 3 nitrogen and oxygen atoms in total. The van der Waals surface area contributed by atoms with Gasteiger partial charge in [0.25, 0.3) is 0 Å². The Morgan fingerprint density at radius 1 is 1.32 bits per heavy atom. The smallest absolute Gasteiger partial charge is 0.224 e. The number of nitrogens with one attached hydrogen (secondary N) is 2. The molecule has 104 valence electrons. The van der Waals surface area contributed by atoms with E-state index in [0.29, 0.717) is 13.0 Å². The number of halogens is 1. The molecule has 0 unspecified atom stereocenters. The molecule has 0 aromatic heterocycles. The van der Waals surface area contributed by atoms with Crippen molar-refractivity contribution >= 4 is 5.91 Å². The monoisotopic (exact) mass is 264 g/mol. The van der Waals surface area contributed by atoms with Gasteiger partial charge in [0, 0.05) is 6.54 Å². The zero-order chi connectivity index (χ0) is 13.7. The van der Waals surface area contributed by atoms with Crippen LogP contribution in [0.1, 0.15) is 25.3 Å². The average molecular weight is 264 g/mol. The molecule has 0 bridgehead atoms. The van der Waals surface area contributed by atoms with Crippen LogP contribution in [0.25, 0.3) is 0 Å². The van der Waals surface area contributed by atoms with Crippen LogP contribution in [0.4, 0.5) is 4.39 Å². The van der Waals surface area contributed by atoms with Gasteiger partial charge in [-0.15, -0.1) is 0 Å². The van der Waals surface area contributed by atoms with Crippen LogP contribution in [0.2, 0.25) is 0 Å². The summed E-state index contributed by atoms with van der Waals surface area (Å²) >= 11 is 0. The minimum Gasteiger partial charge on any atom is -0.355 e. The van der Waals surface area contributed by atoms with Crippen LogP contribution in [-0.2, 0) is 11.2 Å². The minimum absolute atomic E-state index is 0.00589. The molecule has 1 aliphatic heterocycles. The van der Waals surface area contributed by atoms with Crippen LogP contribution < -0.4 is 10.6 Å². The molecule has 1 heterocycles. The molecule has 1 saturated heterocycles. The fraction of sp³-hybridized carbons (Fsp3) is 0.533. The van der Waals surface area contributed by atoms with Crippen LogP contribution in [0.3, 0.4) is 0 Å². The molecule has 0 spiro atoms. The zero-order valence-electron chi connectivity index (χ0n) is 11.3. The van der Waals surface area contributed by atoms with E-state index in [1.165, 1.54) is 12.1 Å². The van der Waals surface area contributed by atoms with E-state index in [9.17, 15) is 9.18 Å². The summed E-state index contributed by atoms with van der Waals surface area (Å²) in [6.07, 6.45) is 2.49. The predicted molar refractivity (Wildman–Crippen MR) is 73.3 cm³/mol. The average Bonchev–Trinajstić information content (AvgIpc) is 2.40. The van der Waals surface area contributed by atoms with E-state index < -0.39 is 0 Å². The number of amides is 1. The molecule has 2 rings (SSSR count). The molecule has 4 heteroatoms. The minimum atomic E-state index is -0.272. The fourth-order valence-electron chi connectivity index (χ4n) is 2.37. The molecule has 1 aromatic rings. The number of rotatable bonds is 4. The molecule has 1 fully saturated rings. The van der Waals surface area contributed by atoms with Crippen LogP contribution in [0.5, 0.6) is 0 Å². The maximum atomic E-state index is 12.8. The van der Waals surface area contributed by atoms with Crippen molar-refractivity contribution < 1.29 is 9.18 Å². The molecular formula is C15H21FN2O. The number of hydrogen-bond acceptors (Lipinski definition) is 2. The SMILES string of the molecule is CC1(CNC(=O)Cc2ccc(F)cc2)CCNCC1. The third-order valence-corrected chi connectivity index (χ3v) is 3.80. The van der Waals surface area contributed by atoms with E-state index in [1.807, 2.05) is 0 Å². The summed E-state index contributed by atoms with van der Waals surface area (Å²) in [4.78, 5) is 11.9. The molecule has 0 atom stereocenters. The highest BCUT2D eigenvalue weighted by atomic mass is 19.1. The Morgan fingerprint density at radius 3 is 2.58 bits per heavy atom. The second kappa shape index (κ2) is 6.15. The number of hydrogen-bond donors (Lipinski definition) is 2. The van der Waals surface area contributed by atoms with E-state index in [4.69, 9.17) is 0 Å². The summed E-state index contributed by atoms with van der Waals surface area (Å²) in [5, 5.41) is 6.32. The van der Waals surface area contributed by atoms with Crippen molar-refractivity contribution in [2.75, 3.05) is 19.6 Å². The van der Waals surface area contributed by atoms with Gasteiger partial charge in [-0.25, -0.2) is 4.39 Å². The van der Waals surface area contributed by atoms with E-state index in [2.05, 4.69) is 17.6 Å². The largest absolute Gasteiger partial charge is 0.355 e. The molecule has 0 aliphatic carbocycles. The van der Waals surface area contributed by atoms with Gasteiger partial charge in [-0.3, -0.25) is 4.79 Å². The fourth-order valence-corrected chi connectivity index (χ4v) is 2.37. The highest BCUT2D eigenvalue weighted by molar-refractivity contribution is 5.78. The van der Waals surface area contributed by atoms with Gasteiger partial charge >= 0.3 is 0 Å². The zero-order valence-corrected chi connectivity index (χ0v) is 11.3. The summed E-state index contributed by atoms with van der Waals surface area (Å²) in [6.45, 7) is 4.97. The highest BCUT2D eigenvalue weighted by Gasteiger charge is 2.26. The van der Waals surface area contributed by atoms with Crippen LogP contribution in [-0.4, -0.2) is 25.5 Å². The van der Waals surface area contributed by atoms with E-state index >= 15 is 0 Å². The molecule has 1 aromatic carbocycles. The third-order valence-electron chi connectivity index (χ3n) is 3.80. The van der Waals surface area contributed by atoms with Crippen LogP contribution >= 0.6 is 0 Å². The normalized spacial score (nSPS) is 18.0. The van der Waals surface area contributed by atoms with Gasteiger partial charge < -0.3 is 10.6 Å². The number of carbonyl (C=O) groups is 1. The number of benzene rings is 1. The third kappa shape index (κ3) is 4.31. The Bertz CT molecular complexity index is 424. The lowest BCUT2D eigenvalue weighted by molar-refractivity contribution is -0.121. The van der Waals surface area contributed by atoms with Crippen molar-refractivity contribution in [2.24, 2.45) is 5.41 Å².